The van der Waals surface area contributed by atoms with Gasteiger partial charge < -0.3 is 23.0 Å². The monoisotopic (exact) mass is 1070 g/mol. The summed E-state index contributed by atoms with van der Waals surface area (Å²) in [6.45, 7) is 0. The predicted octanol–water partition coefficient (Wildman–Crippen LogP) is 20.2. The molecule has 0 saturated heterocycles. The van der Waals surface area contributed by atoms with Gasteiger partial charge in [0.1, 0.15) is 11.5 Å². The number of hydrogen-bond donors (Lipinski definition) is 0. The van der Waals surface area contributed by atoms with Crippen LogP contribution in [0.3, 0.4) is 0 Å². The van der Waals surface area contributed by atoms with Crippen molar-refractivity contribution in [3.05, 3.63) is 313 Å². The van der Waals surface area contributed by atoms with Crippen molar-refractivity contribution >= 4 is 87.2 Å². The van der Waals surface area contributed by atoms with Crippen molar-refractivity contribution in [3.63, 3.8) is 0 Å². The molecule has 0 atom stereocenters. The van der Waals surface area contributed by atoms with Gasteiger partial charge in [0.25, 0.3) is 0 Å². The Morgan fingerprint density at radius 1 is 0.226 bits per heavy atom. The van der Waals surface area contributed by atoms with Gasteiger partial charge in [-0.1, -0.05) is 188 Å². The summed E-state index contributed by atoms with van der Waals surface area (Å²) in [6, 6.07) is 108. The zero-order valence-corrected chi connectivity index (χ0v) is 45.4. The molecule has 4 aromatic heterocycles. The van der Waals surface area contributed by atoms with Gasteiger partial charge in [0.15, 0.2) is 0 Å². The number of fused-ring (bicyclic) bond motifs is 21. The third-order valence-corrected chi connectivity index (χ3v) is 18.6. The molecule has 5 heterocycles. The maximum absolute atomic E-state index is 7.26. The molecule has 1 spiro atoms. The molecule has 0 bridgehead atoms. The van der Waals surface area contributed by atoms with Gasteiger partial charge in [-0.05, 0) is 131 Å². The summed E-state index contributed by atoms with van der Waals surface area (Å²) >= 11 is 0. The summed E-state index contributed by atoms with van der Waals surface area (Å²) in [5.41, 5.74) is 22.6. The van der Waals surface area contributed by atoms with Gasteiger partial charge in [-0.3, -0.25) is 0 Å². The highest BCUT2D eigenvalue weighted by atomic mass is 16.5. The number of para-hydroxylation sites is 6. The van der Waals surface area contributed by atoms with Gasteiger partial charge in [0, 0.05) is 82.5 Å². The normalized spacial score (nSPS) is 13.2. The highest BCUT2D eigenvalue weighted by Gasteiger charge is 2.51. The lowest BCUT2D eigenvalue weighted by Gasteiger charge is -2.40. The topological polar surface area (TPSA) is 28.9 Å². The molecule has 19 rings (SSSR count). The highest BCUT2D eigenvalue weighted by molar-refractivity contribution is 6.16. The summed E-state index contributed by atoms with van der Waals surface area (Å²) in [5, 5.41) is 9.77. The van der Waals surface area contributed by atoms with E-state index in [0.717, 1.165) is 67.4 Å². The summed E-state index contributed by atoms with van der Waals surface area (Å²) in [4.78, 5) is 0. The minimum atomic E-state index is -0.733. The van der Waals surface area contributed by atoms with E-state index in [1.807, 2.05) is 0 Å². The van der Waals surface area contributed by atoms with E-state index in [2.05, 4.69) is 309 Å². The molecule has 17 aromatic rings. The first-order chi connectivity index (χ1) is 41.7. The second-order valence-electron chi connectivity index (χ2n) is 22.7. The molecular weight excluding hydrogens is 1020 g/mol. The zero-order chi connectivity index (χ0) is 54.8. The van der Waals surface area contributed by atoms with Crippen molar-refractivity contribution in [1.29, 1.82) is 0 Å². The first-order valence-electron chi connectivity index (χ1n) is 29.0. The molecule has 5 heteroatoms. The Labute approximate surface area is 482 Å². The van der Waals surface area contributed by atoms with Crippen LogP contribution < -0.4 is 4.74 Å². The van der Waals surface area contributed by atoms with Crippen LogP contribution in [-0.4, -0.2) is 18.3 Å². The van der Waals surface area contributed by atoms with Gasteiger partial charge in [-0.25, -0.2) is 0 Å². The lowest BCUT2D eigenvalue weighted by atomic mass is 9.66. The van der Waals surface area contributed by atoms with Crippen LogP contribution in [0, 0.1) is 0 Å². The predicted molar refractivity (Wildman–Crippen MR) is 347 cm³/mol. The quantitative estimate of drug-likeness (QED) is 0.169. The summed E-state index contributed by atoms with van der Waals surface area (Å²) in [7, 11) is 0. The summed E-state index contributed by atoms with van der Waals surface area (Å²) in [6.07, 6.45) is 0. The number of rotatable bonds is 5. The van der Waals surface area contributed by atoms with Crippen LogP contribution in [-0.2, 0) is 5.41 Å². The smallest absolute Gasteiger partial charge is 0.132 e. The van der Waals surface area contributed by atoms with Crippen LogP contribution in [0.15, 0.2) is 291 Å². The Hall–Kier alpha value is -11.1. The van der Waals surface area contributed by atoms with Crippen LogP contribution in [0.2, 0.25) is 0 Å². The standard InChI is InChI=1S/C79H48N4O/c1-2-19-49(20-3-1)54-28-18-29-62-59-25-8-17-36-73(59)83(78(54)62)51-38-42-75-64(46-51)61-27-10-16-35-72(61)82(75)53-40-44-77-68(48-53)79(65-30-11-4-21-55(65)56-22-5-12-31-66(56)79)67-47-52(39-43-76(67)84-77)81-71-34-15-9-26-60(71)63-45-50(37-41-74(63)81)80-69-32-13-6-23-57(69)58-24-7-14-33-70(58)80/h1-48H. The molecule has 0 amide bonds. The van der Waals surface area contributed by atoms with Crippen LogP contribution in [0.25, 0.3) is 132 Å². The van der Waals surface area contributed by atoms with Crippen molar-refractivity contribution in [2.75, 3.05) is 0 Å². The molecular formula is C79H48N4O. The van der Waals surface area contributed by atoms with Gasteiger partial charge >= 0.3 is 0 Å². The van der Waals surface area contributed by atoms with Gasteiger partial charge in [-0.2, -0.15) is 0 Å². The van der Waals surface area contributed by atoms with Crippen molar-refractivity contribution in [1.82, 2.24) is 18.3 Å². The molecule has 1 aliphatic heterocycles. The van der Waals surface area contributed by atoms with Crippen molar-refractivity contribution < 1.29 is 4.74 Å². The van der Waals surface area contributed by atoms with E-state index in [9.17, 15) is 0 Å². The fourth-order valence-corrected chi connectivity index (χ4v) is 15.3. The molecule has 13 aromatic carbocycles. The van der Waals surface area contributed by atoms with Crippen LogP contribution in [0.4, 0.5) is 0 Å². The Bertz CT molecular complexity index is 5570. The van der Waals surface area contributed by atoms with Crippen molar-refractivity contribution in [3.8, 4) is 56.5 Å². The maximum atomic E-state index is 7.26. The van der Waals surface area contributed by atoms with Crippen molar-refractivity contribution in [2.24, 2.45) is 0 Å². The van der Waals surface area contributed by atoms with E-state index < -0.39 is 5.41 Å². The van der Waals surface area contributed by atoms with E-state index in [4.69, 9.17) is 4.74 Å². The maximum Gasteiger partial charge on any atom is 0.132 e. The first kappa shape index (κ1) is 45.6. The number of aromatic nitrogens is 4. The average molecular weight is 1070 g/mol. The van der Waals surface area contributed by atoms with E-state index >= 15 is 0 Å². The van der Waals surface area contributed by atoms with Gasteiger partial charge in [-0.15, -0.1) is 0 Å². The minimum Gasteiger partial charge on any atom is -0.457 e. The number of ether oxygens (including phenoxy) is 1. The number of benzene rings is 13. The molecule has 0 saturated carbocycles. The second kappa shape index (κ2) is 17.0. The lowest BCUT2D eigenvalue weighted by Crippen LogP contribution is -2.32. The third-order valence-electron chi connectivity index (χ3n) is 18.6. The largest absolute Gasteiger partial charge is 0.457 e. The van der Waals surface area contributed by atoms with Gasteiger partial charge in [0.05, 0.1) is 49.5 Å². The Kier molecular flexibility index (Phi) is 9.20. The van der Waals surface area contributed by atoms with Crippen LogP contribution in [0.5, 0.6) is 11.5 Å². The molecule has 1 aliphatic carbocycles. The molecule has 2 aliphatic rings. The fraction of sp³-hybridized carbons (Fsp3) is 0.0127. The molecule has 0 N–H and O–H groups in total. The van der Waals surface area contributed by atoms with E-state index in [1.54, 1.807) is 0 Å². The first-order valence-corrected chi connectivity index (χ1v) is 29.0. The Balaban J connectivity index is 0.822. The molecule has 0 radical (unpaired) electrons. The van der Waals surface area contributed by atoms with Crippen LogP contribution >= 0.6 is 0 Å². The van der Waals surface area contributed by atoms with Gasteiger partial charge in [0.2, 0.25) is 0 Å². The van der Waals surface area contributed by atoms with Crippen LogP contribution in [0.1, 0.15) is 22.3 Å². The minimum absolute atomic E-state index is 0.733. The average Bonchev–Trinajstić information content (AvgIpc) is 1.66. The molecule has 5 nitrogen and oxygen atoms in total. The van der Waals surface area contributed by atoms with Crippen molar-refractivity contribution in [2.45, 2.75) is 5.41 Å². The zero-order valence-electron chi connectivity index (χ0n) is 45.4. The highest BCUT2D eigenvalue weighted by Crippen LogP contribution is 2.63. The molecule has 390 valence electrons. The van der Waals surface area contributed by atoms with E-state index in [-0.39, 0.29) is 0 Å². The fourth-order valence-electron chi connectivity index (χ4n) is 15.3. The number of hydrogen-bond acceptors (Lipinski definition) is 1. The molecule has 0 unspecified atom stereocenters. The SMILES string of the molecule is c1ccc(-c2cccc3c4ccccc4n(-c4ccc5c(c4)c4ccccc4n5-c4ccc5c(c4)C4(c6cc(-n7c8ccccc8c8cc(-n9c%10ccccc%10c%10ccccc%109)ccc87)ccc6O5)c5ccccc5-c5ccccc54)c23)cc1. The second-order valence-corrected chi connectivity index (χ2v) is 22.7. The Morgan fingerprint density at radius 3 is 1.07 bits per heavy atom. The number of nitrogens with zero attached hydrogens (tertiary/aromatic N) is 4. The summed E-state index contributed by atoms with van der Waals surface area (Å²) < 4.78 is 17.1. The van der Waals surface area contributed by atoms with E-state index in [0.29, 0.717) is 0 Å². The third kappa shape index (κ3) is 6.01. The Morgan fingerprint density at radius 2 is 0.571 bits per heavy atom. The molecule has 84 heavy (non-hydrogen) atoms. The molecule has 0 fully saturated rings. The summed E-state index contributed by atoms with van der Waals surface area (Å²) in [5.74, 6) is 1.70. The lowest BCUT2D eigenvalue weighted by molar-refractivity contribution is 0.436. The van der Waals surface area contributed by atoms with E-state index in [1.165, 1.54) is 98.5 Å².